The Kier molecular flexibility index (Phi) is 2.76. The molecule has 3 aliphatic rings. The van der Waals surface area contributed by atoms with E-state index in [1.165, 1.54) is 31.4 Å². The quantitative estimate of drug-likeness (QED) is 0.820. The van der Waals surface area contributed by atoms with Gasteiger partial charge in [0.15, 0.2) is 0 Å². The summed E-state index contributed by atoms with van der Waals surface area (Å²) in [5, 5.41) is 0. The average Bonchev–Trinajstić information content (AvgIpc) is 2.88. The third-order valence-corrected chi connectivity index (χ3v) is 5.77. The van der Waals surface area contributed by atoms with Crippen molar-refractivity contribution >= 4 is 5.78 Å². The minimum Gasteiger partial charge on any atom is -0.299 e. The molecule has 3 saturated carbocycles. The van der Waals surface area contributed by atoms with Crippen molar-refractivity contribution in [2.75, 3.05) is 0 Å². The Labute approximate surface area is 121 Å². The van der Waals surface area contributed by atoms with E-state index in [2.05, 4.69) is 0 Å². The minimum absolute atomic E-state index is 0.207. The third kappa shape index (κ3) is 2.11. The predicted molar refractivity (Wildman–Crippen MR) is 71.5 cm³/mol. The molecule has 1 nitrogen and oxygen atoms in total. The molecule has 1 aromatic rings. The van der Waals surface area contributed by atoms with Gasteiger partial charge in [-0.25, -0.2) is 0 Å². The minimum atomic E-state index is -4.31. The Morgan fingerprint density at radius 1 is 1.05 bits per heavy atom. The van der Waals surface area contributed by atoms with Gasteiger partial charge in [-0.15, -0.1) is 0 Å². The van der Waals surface area contributed by atoms with Crippen LogP contribution < -0.4 is 0 Å². The summed E-state index contributed by atoms with van der Waals surface area (Å²) < 4.78 is 37.5. The zero-order chi connectivity index (χ0) is 14.8. The zero-order valence-corrected chi connectivity index (χ0v) is 11.6. The van der Waals surface area contributed by atoms with E-state index in [1.54, 1.807) is 0 Å². The van der Waals surface area contributed by atoms with Gasteiger partial charge in [0.25, 0.3) is 0 Å². The number of halogens is 3. The SMILES string of the molecule is O=C(Cc1ccc(C(F)(F)F)cc1)C1C2C3CCC(C3)C12. The molecule has 1 aromatic carbocycles. The highest BCUT2D eigenvalue weighted by Gasteiger charge is 2.66. The Bertz CT molecular complexity index is 559. The number of Topliss-reactive ketones (excluding diaryl/α,β-unsaturated/α-hetero) is 1. The Balaban J connectivity index is 1.42. The van der Waals surface area contributed by atoms with Gasteiger partial charge in [-0.1, -0.05) is 12.1 Å². The summed E-state index contributed by atoms with van der Waals surface area (Å²) in [6.07, 6.45) is -0.171. The second-order valence-electron chi connectivity index (χ2n) is 6.85. The number of rotatable bonds is 3. The summed E-state index contributed by atoms with van der Waals surface area (Å²) in [5.74, 6) is 3.15. The molecule has 4 rings (SSSR count). The highest BCUT2D eigenvalue weighted by Crippen LogP contribution is 2.69. The van der Waals surface area contributed by atoms with Crippen LogP contribution >= 0.6 is 0 Å². The van der Waals surface area contributed by atoms with E-state index in [1.807, 2.05) is 0 Å². The van der Waals surface area contributed by atoms with Gasteiger partial charge >= 0.3 is 6.18 Å². The fraction of sp³-hybridized carbons (Fsp3) is 0.588. The molecule has 0 heterocycles. The van der Waals surface area contributed by atoms with Crippen LogP contribution in [0.4, 0.5) is 13.2 Å². The maximum absolute atomic E-state index is 12.5. The lowest BCUT2D eigenvalue weighted by Crippen LogP contribution is -2.12. The topological polar surface area (TPSA) is 17.1 Å². The van der Waals surface area contributed by atoms with E-state index in [-0.39, 0.29) is 18.1 Å². The summed E-state index contributed by atoms with van der Waals surface area (Å²) >= 11 is 0. The third-order valence-electron chi connectivity index (χ3n) is 5.77. The molecule has 0 amide bonds. The number of carbonyl (C=O) groups is 1. The molecule has 4 heteroatoms. The van der Waals surface area contributed by atoms with Crippen LogP contribution in [0.1, 0.15) is 30.4 Å². The molecule has 4 unspecified atom stereocenters. The van der Waals surface area contributed by atoms with E-state index < -0.39 is 11.7 Å². The first kappa shape index (κ1) is 13.4. The average molecular weight is 294 g/mol. The van der Waals surface area contributed by atoms with Gasteiger partial charge in [0.2, 0.25) is 0 Å². The van der Waals surface area contributed by atoms with Crippen molar-refractivity contribution in [1.82, 2.24) is 0 Å². The molecule has 0 aromatic heterocycles. The Morgan fingerprint density at radius 2 is 1.62 bits per heavy atom. The maximum Gasteiger partial charge on any atom is 0.416 e. The maximum atomic E-state index is 12.5. The molecule has 112 valence electrons. The van der Waals surface area contributed by atoms with Crippen molar-refractivity contribution < 1.29 is 18.0 Å². The van der Waals surface area contributed by atoms with Gasteiger partial charge < -0.3 is 0 Å². The summed E-state index contributed by atoms with van der Waals surface area (Å²) in [4.78, 5) is 12.4. The molecule has 0 N–H and O–H groups in total. The first-order chi connectivity index (χ1) is 9.95. The lowest BCUT2D eigenvalue weighted by atomic mass is 9.96. The molecule has 0 saturated heterocycles. The lowest BCUT2D eigenvalue weighted by molar-refractivity contribution is -0.137. The largest absolute Gasteiger partial charge is 0.416 e. The predicted octanol–water partition coefficient (Wildman–Crippen LogP) is 4.11. The zero-order valence-electron chi connectivity index (χ0n) is 11.6. The molecule has 0 aliphatic heterocycles. The van der Waals surface area contributed by atoms with Crippen LogP contribution in [0.2, 0.25) is 0 Å². The number of hydrogen-bond donors (Lipinski definition) is 0. The molecule has 3 aliphatic carbocycles. The molecule has 4 atom stereocenters. The molecule has 0 spiro atoms. The number of alkyl halides is 3. The first-order valence-electron chi connectivity index (χ1n) is 7.64. The molecule has 21 heavy (non-hydrogen) atoms. The van der Waals surface area contributed by atoms with E-state index in [9.17, 15) is 18.0 Å². The van der Waals surface area contributed by atoms with Gasteiger partial charge in [-0.3, -0.25) is 4.79 Å². The molecule has 0 radical (unpaired) electrons. The van der Waals surface area contributed by atoms with Gasteiger partial charge in [0.1, 0.15) is 5.78 Å². The first-order valence-corrected chi connectivity index (χ1v) is 7.64. The van der Waals surface area contributed by atoms with Crippen molar-refractivity contribution in [1.29, 1.82) is 0 Å². The van der Waals surface area contributed by atoms with Gasteiger partial charge in [0, 0.05) is 12.3 Å². The number of benzene rings is 1. The molecular weight excluding hydrogens is 277 g/mol. The van der Waals surface area contributed by atoms with Crippen LogP contribution in [0.15, 0.2) is 24.3 Å². The van der Waals surface area contributed by atoms with E-state index in [0.29, 0.717) is 17.4 Å². The van der Waals surface area contributed by atoms with Crippen LogP contribution in [0.3, 0.4) is 0 Å². The van der Waals surface area contributed by atoms with E-state index in [4.69, 9.17) is 0 Å². The number of hydrogen-bond acceptors (Lipinski definition) is 1. The summed E-state index contributed by atoms with van der Waals surface area (Å²) in [6.45, 7) is 0. The van der Waals surface area contributed by atoms with Gasteiger partial charge in [-0.2, -0.15) is 13.2 Å². The smallest absolute Gasteiger partial charge is 0.299 e. The fourth-order valence-corrected chi connectivity index (χ4v) is 4.89. The van der Waals surface area contributed by atoms with Crippen molar-refractivity contribution in [3.8, 4) is 0 Å². The van der Waals surface area contributed by atoms with E-state index in [0.717, 1.165) is 24.0 Å². The van der Waals surface area contributed by atoms with Crippen molar-refractivity contribution in [3.63, 3.8) is 0 Å². The highest BCUT2D eigenvalue weighted by molar-refractivity contribution is 5.86. The lowest BCUT2D eigenvalue weighted by Gasteiger charge is -2.09. The van der Waals surface area contributed by atoms with Crippen LogP contribution in [0, 0.1) is 29.6 Å². The van der Waals surface area contributed by atoms with E-state index >= 15 is 0 Å². The van der Waals surface area contributed by atoms with Crippen LogP contribution in [0.25, 0.3) is 0 Å². The normalized spacial score (nSPS) is 36.6. The summed E-state index contributed by atoms with van der Waals surface area (Å²) in [6, 6.07) is 5.01. The number of ketones is 1. The Hall–Kier alpha value is -1.32. The van der Waals surface area contributed by atoms with Crippen molar-refractivity contribution in [2.45, 2.75) is 31.9 Å². The van der Waals surface area contributed by atoms with Gasteiger partial charge in [-0.05, 0) is 60.6 Å². The number of carbonyl (C=O) groups excluding carboxylic acids is 1. The Morgan fingerprint density at radius 3 is 2.14 bits per heavy atom. The second-order valence-corrected chi connectivity index (χ2v) is 6.85. The summed E-state index contributed by atoms with van der Waals surface area (Å²) in [5.41, 5.74) is 0.0466. The van der Waals surface area contributed by atoms with Crippen molar-refractivity contribution in [3.05, 3.63) is 35.4 Å². The van der Waals surface area contributed by atoms with Crippen LogP contribution in [-0.2, 0) is 17.4 Å². The second kappa shape index (κ2) is 4.34. The number of fused-ring (bicyclic) bond motifs is 5. The monoisotopic (exact) mass is 294 g/mol. The molecular formula is C17H17F3O. The fourth-order valence-electron chi connectivity index (χ4n) is 4.89. The highest BCUT2D eigenvalue weighted by atomic mass is 19.4. The molecule has 3 fully saturated rings. The van der Waals surface area contributed by atoms with Crippen LogP contribution in [-0.4, -0.2) is 5.78 Å². The van der Waals surface area contributed by atoms with Crippen LogP contribution in [0.5, 0.6) is 0 Å². The molecule has 2 bridgehead atoms. The van der Waals surface area contributed by atoms with Crippen molar-refractivity contribution in [2.24, 2.45) is 29.6 Å². The van der Waals surface area contributed by atoms with Gasteiger partial charge in [0.05, 0.1) is 5.56 Å². The summed E-state index contributed by atoms with van der Waals surface area (Å²) in [7, 11) is 0. The standard InChI is InChI=1S/C17H17F3O/c18-17(19,20)12-5-1-9(2-6-12)7-13(21)16-14-10-3-4-11(8-10)15(14)16/h1-2,5-6,10-11,14-16H,3-4,7-8H2.